The van der Waals surface area contributed by atoms with Gasteiger partial charge in [-0.15, -0.1) is 12.3 Å². The van der Waals surface area contributed by atoms with Gasteiger partial charge in [0.1, 0.15) is 0 Å². The van der Waals surface area contributed by atoms with E-state index in [2.05, 4.69) is 11.2 Å². The summed E-state index contributed by atoms with van der Waals surface area (Å²) in [6, 6.07) is 0.0608. The lowest BCUT2D eigenvalue weighted by Crippen LogP contribution is -2.42. The molecule has 3 atom stereocenters. The second kappa shape index (κ2) is 5.58. The zero-order valence-electron chi connectivity index (χ0n) is 9.48. The van der Waals surface area contributed by atoms with Gasteiger partial charge in [0.2, 0.25) is 0 Å². The van der Waals surface area contributed by atoms with Gasteiger partial charge in [-0.2, -0.15) is 13.2 Å². The van der Waals surface area contributed by atoms with Crippen LogP contribution in [0.3, 0.4) is 0 Å². The van der Waals surface area contributed by atoms with Crippen LogP contribution in [0.15, 0.2) is 0 Å². The number of rotatable bonds is 3. The summed E-state index contributed by atoms with van der Waals surface area (Å²) < 4.78 is 37.6. The van der Waals surface area contributed by atoms with Crippen molar-refractivity contribution in [1.29, 1.82) is 0 Å². The van der Waals surface area contributed by atoms with Crippen molar-refractivity contribution in [2.75, 3.05) is 0 Å². The Kier molecular flexibility index (Phi) is 4.67. The molecule has 0 amide bonds. The summed E-state index contributed by atoms with van der Waals surface area (Å²) in [5, 5.41) is 3.18. The molecule has 3 unspecified atom stereocenters. The summed E-state index contributed by atoms with van der Waals surface area (Å²) in [5.74, 6) is 1.37. The van der Waals surface area contributed by atoms with E-state index >= 15 is 0 Å². The molecule has 0 saturated heterocycles. The topological polar surface area (TPSA) is 12.0 Å². The minimum Gasteiger partial charge on any atom is -0.311 e. The summed E-state index contributed by atoms with van der Waals surface area (Å²) in [5.41, 5.74) is 0. The van der Waals surface area contributed by atoms with E-state index < -0.39 is 12.1 Å². The predicted octanol–water partition coefficient (Wildman–Crippen LogP) is 3.11. The van der Waals surface area contributed by atoms with E-state index in [-0.39, 0.29) is 24.9 Å². The van der Waals surface area contributed by atoms with E-state index in [1.54, 1.807) is 0 Å². The average Bonchev–Trinajstić information content (AvgIpc) is 2.17. The fourth-order valence-corrected chi connectivity index (χ4v) is 2.28. The summed E-state index contributed by atoms with van der Waals surface area (Å²) in [4.78, 5) is 0. The molecule has 0 spiro atoms. The van der Waals surface area contributed by atoms with Crippen LogP contribution in [0.5, 0.6) is 0 Å². The largest absolute Gasteiger partial charge is 0.391 e. The van der Waals surface area contributed by atoms with Crippen LogP contribution in [-0.2, 0) is 0 Å². The Morgan fingerprint density at radius 1 is 1.44 bits per heavy atom. The van der Waals surface area contributed by atoms with Crippen molar-refractivity contribution < 1.29 is 13.2 Å². The Morgan fingerprint density at radius 2 is 2.12 bits per heavy atom. The van der Waals surface area contributed by atoms with Crippen molar-refractivity contribution in [1.82, 2.24) is 5.32 Å². The van der Waals surface area contributed by atoms with E-state index in [1.165, 1.54) is 0 Å². The lowest BCUT2D eigenvalue weighted by molar-refractivity contribution is -0.183. The molecule has 1 saturated carbocycles. The van der Waals surface area contributed by atoms with Gasteiger partial charge >= 0.3 is 6.18 Å². The Balaban J connectivity index is 2.42. The zero-order valence-corrected chi connectivity index (χ0v) is 9.48. The van der Waals surface area contributed by atoms with E-state index in [0.717, 1.165) is 6.42 Å². The van der Waals surface area contributed by atoms with Crippen LogP contribution in [0.1, 0.15) is 39.0 Å². The maximum absolute atomic E-state index is 12.5. The molecule has 0 radical (unpaired) electrons. The van der Waals surface area contributed by atoms with Gasteiger partial charge in [-0.25, -0.2) is 0 Å². The highest BCUT2D eigenvalue weighted by atomic mass is 19.4. The first-order valence-electron chi connectivity index (χ1n) is 5.69. The molecule has 1 N–H and O–H groups in total. The summed E-state index contributed by atoms with van der Waals surface area (Å²) >= 11 is 0. The maximum atomic E-state index is 12.5. The molecule has 1 nitrogen and oxygen atoms in total. The van der Waals surface area contributed by atoms with Gasteiger partial charge < -0.3 is 5.32 Å². The first-order chi connectivity index (χ1) is 7.43. The number of hydrogen-bond acceptors (Lipinski definition) is 1. The molecule has 0 aromatic carbocycles. The molecular weight excluding hydrogens is 215 g/mol. The van der Waals surface area contributed by atoms with Gasteiger partial charge in [-0.05, 0) is 26.2 Å². The van der Waals surface area contributed by atoms with Crippen LogP contribution in [0.2, 0.25) is 0 Å². The van der Waals surface area contributed by atoms with Gasteiger partial charge in [0.15, 0.2) is 0 Å². The smallest absolute Gasteiger partial charge is 0.311 e. The van der Waals surface area contributed by atoms with Crippen LogP contribution in [0.25, 0.3) is 0 Å². The first-order valence-corrected chi connectivity index (χ1v) is 5.69. The highest BCUT2D eigenvalue weighted by Crippen LogP contribution is 2.37. The fraction of sp³-hybridized carbons (Fsp3) is 0.833. The van der Waals surface area contributed by atoms with Crippen LogP contribution in [0.4, 0.5) is 13.2 Å². The number of alkyl halides is 3. The van der Waals surface area contributed by atoms with Crippen molar-refractivity contribution in [3.63, 3.8) is 0 Å². The number of nitrogens with one attached hydrogen (secondary N) is 1. The maximum Gasteiger partial charge on any atom is 0.391 e. The van der Waals surface area contributed by atoms with Gasteiger partial charge in [0.25, 0.3) is 0 Å². The van der Waals surface area contributed by atoms with E-state index in [1.807, 2.05) is 6.92 Å². The molecule has 1 aliphatic rings. The van der Waals surface area contributed by atoms with Crippen LogP contribution < -0.4 is 5.32 Å². The lowest BCUT2D eigenvalue weighted by Gasteiger charge is -2.32. The van der Waals surface area contributed by atoms with Crippen LogP contribution in [0, 0.1) is 18.3 Å². The standard InChI is InChI=1S/C12H18F3N/c1-3-5-9(2)16-11-7-4-6-10(8-11)12(13,14)15/h1,9-11,16H,4-8H2,2H3. The quantitative estimate of drug-likeness (QED) is 0.738. The van der Waals surface area contributed by atoms with E-state index in [4.69, 9.17) is 6.42 Å². The van der Waals surface area contributed by atoms with Gasteiger partial charge in [0.05, 0.1) is 5.92 Å². The third-order valence-corrected chi connectivity index (χ3v) is 3.08. The fourth-order valence-electron chi connectivity index (χ4n) is 2.28. The van der Waals surface area contributed by atoms with Gasteiger partial charge in [0, 0.05) is 18.5 Å². The molecule has 0 heterocycles. The monoisotopic (exact) mass is 233 g/mol. The Labute approximate surface area is 94.8 Å². The molecule has 0 aliphatic heterocycles. The van der Waals surface area contributed by atoms with Gasteiger partial charge in [-0.1, -0.05) is 6.42 Å². The van der Waals surface area contributed by atoms with Crippen LogP contribution >= 0.6 is 0 Å². The average molecular weight is 233 g/mol. The summed E-state index contributed by atoms with van der Waals surface area (Å²) in [6.07, 6.45) is 3.60. The van der Waals surface area contributed by atoms with Crippen molar-refractivity contribution in [2.24, 2.45) is 5.92 Å². The third-order valence-electron chi connectivity index (χ3n) is 3.08. The predicted molar refractivity (Wildman–Crippen MR) is 57.8 cm³/mol. The molecule has 1 rings (SSSR count). The van der Waals surface area contributed by atoms with Gasteiger partial charge in [-0.3, -0.25) is 0 Å². The minimum atomic E-state index is -4.05. The SMILES string of the molecule is C#CCC(C)NC1CCCC(C(F)(F)F)C1. The molecule has 4 heteroatoms. The highest BCUT2D eigenvalue weighted by Gasteiger charge is 2.42. The zero-order chi connectivity index (χ0) is 12.2. The number of halogens is 3. The second-order valence-corrected chi connectivity index (χ2v) is 4.58. The molecule has 0 bridgehead atoms. The molecule has 0 aromatic heterocycles. The van der Waals surface area contributed by atoms with E-state index in [9.17, 15) is 13.2 Å². The molecule has 16 heavy (non-hydrogen) atoms. The highest BCUT2D eigenvalue weighted by molar-refractivity contribution is 4.90. The molecule has 1 fully saturated rings. The van der Waals surface area contributed by atoms with Crippen molar-refractivity contribution in [3.8, 4) is 12.3 Å². The minimum absolute atomic E-state index is 0.0382. The first kappa shape index (κ1) is 13.4. The lowest BCUT2D eigenvalue weighted by atomic mass is 9.85. The molecule has 0 aromatic rings. The molecule has 1 aliphatic carbocycles. The second-order valence-electron chi connectivity index (χ2n) is 4.58. The molecular formula is C12H18F3N. The number of terminal acetylenes is 1. The van der Waals surface area contributed by atoms with Crippen molar-refractivity contribution in [3.05, 3.63) is 0 Å². The summed E-state index contributed by atoms with van der Waals surface area (Å²) in [6.45, 7) is 1.91. The van der Waals surface area contributed by atoms with Crippen LogP contribution in [-0.4, -0.2) is 18.3 Å². The Bertz CT molecular complexity index is 254. The Hall–Kier alpha value is -0.690. The van der Waals surface area contributed by atoms with Crippen molar-refractivity contribution in [2.45, 2.75) is 57.3 Å². The normalized spacial score (nSPS) is 28.4. The summed E-state index contributed by atoms with van der Waals surface area (Å²) in [7, 11) is 0. The number of hydrogen-bond donors (Lipinski definition) is 1. The Morgan fingerprint density at radius 3 is 2.69 bits per heavy atom. The van der Waals surface area contributed by atoms with Crippen molar-refractivity contribution >= 4 is 0 Å². The van der Waals surface area contributed by atoms with E-state index in [0.29, 0.717) is 12.8 Å². The molecule has 92 valence electrons. The third kappa shape index (κ3) is 4.05.